The number of hydrogen-bond donors (Lipinski definition) is 1. The second-order valence-electron chi connectivity index (χ2n) is 1.59. The first-order valence-electron chi connectivity index (χ1n) is 2.39. The molecule has 0 radical (unpaired) electrons. The van der Waals surface area contributed by atoms with E-state index >= 15 is 0 Å². The second kappa shape index (κ2) is 2.51. The lowest BCUT2D eigenvalue weighted by Gasteiger charge is -1.93. The van der Waals surface area contributed by atoms with Crippen LogP contribution in [0.1, 0.15) is 17.1 Å². The minimum atomic E-state index is 0.336. The highest BCUT2D eigenvalue weighted by Gasteiger charge is 1.98. The highest BCUT2D eigenvalue weighted by molar-refractivity contribution is 7.80. The summed E-state index contributed by atoms with van der Waals surface area (Å²) in [6.07, 6.45) is 1.80. The topological polar surface area (TPSA) is 12.9 Å². The SMILES string of the molecule is CC(S)c1ccns1. The van der Waals surface area contributed by atoms with Crippen LogP contribution in [0.2, 0.25) is 0 Å². The van der Waals surface area contributed by atoms with E-state index < -0.39 is 0 Å². The van der Waals surface area contributed by atoms with Crippen LogP contribution in [0.3, 0.4) is 0 Å². The van der Waals surface area contributed by atoms with Gasteiger partial charge >= 0.3 is 0 Å². The summed E-state index contributed by atoms with van der Waals surface area (Å²) in [5, 5.41) is 0.336. The summed E-state index contributed by atoms with van der Waals surface area (Å²) in [6, 6.07) is 1.99. The molecule has 0 amide bonds. The standard InChI is InChI=1S/C5H7NS2/c1-4(7)5-2-3-6-8-5/h2-4,7H,1H3. The van der Waals surface area contributed by atoms with Gasteiger partial charge in [-0.3, -0.25) is 0 Å². The average molecular weight is 145 g/mol. The molecule has 0 aliphatic rings. The van der Waals surface area contributed by atoms with E-state index in [4.69, 9.17) is 0 Å². The normalized spacial score (nSPS) is 13.8. The number of aromatic nitrogens is 1. The molecule has 3 heteroatoms. The fourth-order valence-electron chi connectivity index (χ4n) is 0.441. The molecule has 0 aliphatic carbocycles. The van der Waals surface area contributed by atoms with Crippen molar-refractivity contribution in [2.45, 2.75) is 12.2 Å². The van der Waals surface area contributed by atoms with Crippen LogP contribution in [-0.2, 0) is 0 Å². The fraction of sp³-hybridized carbons (Fsp3) is 0.400. The zero-order valence-corrected chi connectivity index (χ0v) is 6.25. The molecule has 0 bridgehead atoms. The summed E-state index contributed by atoms with van der Waals surface area (Å²) in [7, 11) is 0. The van der Waals surface area contributed by atoms with E-state index in [1.165, 1.54) is 16.4 Å². The Kier molecular flexibility index (Phi) is 1.91. The van der Waals surface area contributed by atoms with Gasteiger partial charge in [-0.25, -0.2) is 4.37 Å². The van der Waals surface area contributed by atoms with Gasteiger partial charge in [0.1, 0.15) is 0 Å². The highest BCUT2D eigenvalue weighted by atomic mass is 32.1. The first kappa shape index (κ1) is 6.11. The number of hydrogen-bond acceptors (Lipinski definition) is 3. The lowest BCUT2D eigenvalue weighted by Crippen LogP contribution is -1.72. The second-order valence-corrected chi connectivity index (χ2v) is 3.23. The molecule has 0 saturated heterocycles. The third-order valence-corrected chi connectivity index (χ3v) is 2.25. The van der Waals surface area contributed by atoms with Gasteiger partial charge in [-0.15, -0.1) is 0 Å². The summed E-state index contributed by atoms with van der Waals surface area (Å²) in [5.41, 5.74) is 0. The van der Waals surface area contributed by atoms with E-state index in [-0.39, 0.29) is 0 Å². The molecular formula is C5H7NS2. The van der Waals surface area contributed by atoms with Crippen LogP contribution in [0.5, 0.6) is 0 Å². The molecule has 44 valence electrons. The van der Waals surface area contributed by atoms with Crippen LogP contribution in [0.25, 0.3) is 0 Å². The van der Waals surface area contributed by atoms with Gasteiger partial charge in [-0.1, -0.05) is 0 Å². The molecule has 1 aromatic heterocycles. The molecule has 1 rings (SSSR count). The van der Waals surface area contributed by atoms with E-state index in [0.717, 1.165) is 0 Å². The first-order valence-corrected chi connectivity index (χ1v) is 3.68. The van der Waals surface area contributed by atoms with Gasteiger partial charge in [0.05, 0.1) is 0 Å². The third-order valence-electron chi connectivity index (χ3n) is 0.870. The minimum Gasteiger partial charge on any atom is -0.201 e. The van der Waals surface area contributed by atoms with Crippen LogP contribution in [0, 0.1) is 0 Å². The van der Waals surface area contributed by atoms with Crippen molar-refractivity contribution in [3.63, 3.8) is 0 Å². The molecule has 1 heterocycles. The van der Waals surface area contributed by atoms with Crippen molar-refractivity contribution in [1.29, 1.82) is 0 Å². The fourth-order valence-corrected chi connectivity index (χ4v) is 1.19. The predicted molar refractivity (Wildman–Crippen MR) is 39.5 cm³/mol. The monoisotopic (exact) mass is 145 g/mol. The summed E-state index contributed by atoms with van der Waals surface area (Å²) >= 11 is 5.73. The Bertz CT molecular complexity index is 145. The molecular weight excluding hydrogens is 138 g/mol. The zero-order valence-electron chi connectivity index (χ0n) is 4.53. The molecule has 1 unspecified atom stereocenters. The lowest BCUT2D eigenvalue weighted by atomic mass is 10.4. The van der Waals surface area contributed by atoms with Crippen molar-refractivity contribution in [2.24, 2.45) is 0 Å². The quantitative estimate of drug-likeness (QED) is 0.597. The van der Waals surface area contributed by atoms with Gasteiger partial charge in [0.25, 0.3) is 0 Å². The van der Waals surface area contributed by atoms with Crippen LogP contribution in [0.4, 0.5) is 0 Å². The van der Waals surface area contributed by atoms with Crippen LogP contribution in [0.15, 0.2) is 12.3 Å². The van der Waals surface area contributed by atoms with Crippen molar-refractivity contribution in [3.8, 4) is 0 Å². The molecule has 1 aromatic rings. The number of rotatable bonds is 1. The Morgan fingerprint density at radius 1 is 1.88 bits per heavy atom. The van der Waals surface area contributed by atoms with Crippen molar-refractivity contribution >= 4 is 24.2 Å². The van der Waals surface area contributed by atoms with Crippen molar-refractivity contribution in [2.75, 3.05) is 0 Å². The van der Waals surface area contributed by atoms with Gasteiger partial charge < -0.3 is 0 Å². The average Bonchev–Trinajstić information content (AvgIpc) is 2.12. The van der Waals surface area contributed by atoms with E-state index in [0.29, 0.717) is 5.25 Å². The van der Waals surface area contributed by atoms with Crippen LogP contribution >= 0.6 is 24.2 Å². The molecule has 0 N–H and O–H groups in total. The Morgan fingerprint density at radius 3 is 2.88 bits per heavy atom. The van der Waals surface area contributed by atoms with Gasteiger partial charge in [0, 0.05) is 16.3 Å². The third kappa shape index (κ3) is 1.23. The predicted octanol–water partition coefficient (Wildman–Crippen LogP) is 2.13. The lowest BCUT2D eigenvalue weighted by molar-refractivity contribution is 1.15. The van der Waals surface area contributed by atoms with Gasteiger partial charge in [-0.05, 0) is 24.5 Å². The zero-order chi connectivity index (χ0) is 5.98. The summed E-state index contributed by atoms with van der Waals surface area (Å²) < 4.78 is 3.94. The van der Waals surface area contributed by atoms with Crippen LogP contribution in [-0.4, -0.2) is 4.37 Å². The van der Waals surface area contributed by atoms with Gasteiger partial charge in [0.15, 0.2) is 0 Å². The van der Waals surface area contributed by atoms with Gasteiger partial charge in [0.2, 0.25) is 0 Å². The number of thiol groups is 1. The minimum absolute atomic E-state index is 0.336. The maximum Gasteiger partial charge on any atom is 0.0410 e. The maximum atomic E-state index is 4.22. The first-order chi connectivity index (χ1) is 3.80. The summed E-state index contributed by atoms with van der Waals surface area (Å²) in [5.74, 6) is 0. The Labute approximate surface area is 58.3 Å². The molecule has 8 heavy (non-hydrogen) atoms. The summed E-state index contributed by atoms with van der Waals surface area (Å²) in [6.45, 7) is 2.04. The largest absolute Gasteiger partial charge is 0.201 e. The summed E-state index contributed by atoms with van der Waals surface area (Å²) in [4.78, 5) is 1.23. The maximum absolute atomic E-state index is 4.22. The van der Waals surface area contributed by atoms with E-state index in [9.17, 15) is 0 Å². The molecule has 0 spiro atoms. The molecule has 0 aromatic carbocycles. The molecule has 0 fully saturated rings. The Morgan fingerprint density at radius 2 is 2.62 bits per heavy atom. The van der Waals surface area contributed by atoms with Crippen molar-refractivity contribution in [3.05, 3.63) is 17.1 Å². The van der Waals surface area contributed by atoms with Crippen molar-refractivity contribution < 1.29 is 0 Å². The molecule has 1 nitrogen and oxygen atoms in total. The molecule has 0 saturated carbocycles. The number of nitrogens with zero attached hydrogens (tertiary/aromatic N) is 1. The van der Waals surface area contributed by atoms with E-state index in [1.54, 1.807) is 6.20 Å². The van der Waals surface area contributed by atoms with Crippen LogP contribution < -0.4 is 0 Å². The smallest absolute Gasteiger partial charge is 0.0410 e. The Balaban J connectivity index is 2.77. The molecule has 0 aliphatic heterocycles. The van der Waals surface area contributed by atoms with E-state index in [1.807, 2.05) is 13.0 Å². The van der Waals surface area contributed by atoms with E-state index in [2.05, 4.69) is 17.0 Å². The highest BCUT2D eigenvalue weighted by Crippen LogP contribution is 2.20. The Hall–Kier alpha value is -0.0200. The van der Waals surface area contributed by atoms with Crippen molar-refractivity contribution in [1.82, 2.24) is 4.37 Å². The van der Waals surface area contributed by atoms with Gasteiger partial charge in [-0.2, -0.15) is 12.6 Å². The molecule has 1 atom stereocenters.